The number of hydrogen-bond donors (Lipinski definition) is 2. The van der Waals surface area contributed by atoms with Gasteiger partial charge in [0.1, 0.15) is 0 Å². The molecule has 0 spiro atoms. The Bertz CT molecular complexity index is 141. The van der Waals surface area contributed by atoms with Crippen LogP contribution >= 0.6 is 0 Å². The molecule has 2 N–H and O–H groups in total. The molecule has 1 fully saturated rings. The zero-order valence-corrected chi connectivity index (χ0v) is 8.97. The van der Waals surface area contributed by atoms with Gasteiger partial charge in [0.05, 0.1) is 5.60 Å². The van der Waals surface area contributed by atoms with Gasteiger partial charge >= 0.3 is 0 Å². The summed E-state index contributed by atoms with van der Waals surface area (Å²) in [5, 5.41) is 13.5. The first kappa shape index (κ1) is 11.0. The van der Waals surface area contributed by atoms with E-state index in [-0.39, 0.29) is 0 Å². The van der Waals surface area contributed by atoms with E-state index in [9.17, 15) is 5.11 Å². The Morgan fingerprint density at radius 1 is 1.31 bits per heavy atom. The van der Waals surface area contributed by atoms with Gasteiger partial charge in [-0.05, 0) is 26.2 Å². The lowest BCUT2D eigenvalue weighted by molar-refractivity contribution is 0.00298. The van der Waals surface area contributed by atoms with Crippen LogP contribution in [0, 0.1) is 0 Å². The molecule has 13 heavy (non-hydrogen) atoms. The lowest BCUT2D eigenvalue weighted by Crippen LogP contribution is -2.44. The predicted molar refractivity (Wildman–Crippen MR) is 55.8 cm³/mol. The highest BCUT2D eigenvalue weighted by Crippen LogP contribution is 2.27. The van der Waals surface area contributed by atoms with Crippen molar-refractivity contribution in [2.24, 2.45) is 0 Å². The Morgan fingerprint density at radius 2 is 1.92 bits per heavy atom. The zero-order valence-electron chi connectivity index (χ0n) is 8.97. The third kappa shape index (κ3) is 3.65. The summed E-state index contributed by atoms with van der Waals surface area (Å²) in [5.74, 6) is 0. The van der Waals surface area contributed by atoms with Gasteiger partial charge in [-0.2, -0.15) is 0 Å². The molecule has 0 amide bonds. The molecule has 1 aliphatic rings. The lowest BCUT2D eigenvalue weighted by atomic mass is 9.85. The van der Waals surface area contributed by atoms with Crippen LogP contribution in [-0.2, 0) is 0 Å². The fourth-order valence-corrected chi connectivity index (χ4v) is 1.90. The topological polar surface area (TPSA) is 32.3 Å². The van der Waals surface area contributed by atoms with Gasteiger partial charge in [-0.3, -0.25) is 0 Å². The molecule has 0 saturated heterocycles. The predicted octanol–water partition coefficient (Wildman–Crippen LogP) is 2.07. The second-order valence-electron chi connectivity index (χ2n) is 4.48. The first-order chi connectivity index (χ1) is 6.16. The van der Waals surface area contributed by atoms with Crippen LogP contribution in [0.4, 0.5) is 0 Å². The summed E-state index contributed by atoms with van der Waals surface area (Å²) < 4.78 is 0. The summed E-state index contributed by atoms with van der Waals surface area (Å²) in [5.41, 5.74) is -0.401. The average Bonchev–Trinajstić information content (AvgIpc) is 2.15. The van der Waals surface area contributed by atoms with E-state index in [2.05, 4.69) is 19.2 Å². The fourth-order valence-electron chi connectivity index (χ4n) is 1.90. The molecule has 0 aromatic heterocycles. The largest absolute Gasteiger partial charge is 0.389 e. The summed E-state index contributed by atoms with van der Waals surface area (Å²) in [6.07, 6.45) is 6.78. The number of hydrogen-bond acceptors (Lipinski definition) is 2. The van der Waals surface area contributed by atoms with Crippen molar-refractivity contribution in [2.45, 2.75) is 64.0 Å². The van der Waals surface area contributed by atoms with Gasteiger partial charge in [0.25, 0.3) is 0 Å². The molecule has 0 aliphatic heterocycles. The van der Waals surface area contributed by atoms with Crippen molar-refractivity contribution >= 4 is 0 Å². The molecule has 0 bridgehead atoms. The maximum Gasteiger partial charge on any atom is 0.0771 e. The van der Waals surface area contributed by atoms with E-state index < -0.39 is 5.60 Å². The fraction of sp³-hybridized carbons (Fsp3) is 1.00. The molecule has 1 atom stereocenters. The van der Waals surface area contributed by atoms with E-state index in [1.165, 1.54) is 19.3 Å². The first-order valence-corrected chi connectivity index (χ1v) is 5.62. The summed E-state index contributed by atoms with van der Waals surface area (Å²) in [4.78, 5) is 0. The Morgan fingerprint density at radius 3 is 2.46 bits per heavy atom. The highest BCUT2D eigenvalue weighted by atomic mass is 16.3. The minimum Gasteiger partial charge on any atom is -0.389 e. The third-order valence-corrected chi connectivity index (χ3v) is 3.18. The smallest absolute Gasteiger partial charge is 0.0771 e. The third-order valence-electron chi connectivity index (χ3n) is 3.18. The molecule has 0 radical (unpaired) electrons. The second-order valence-corrected chi connectivity index (χ2v) is 4.48. The molecule has 78 valence electrons. The molecule has 1 aliphatic carbocycles. The van der Waals surface area contributed by atoms with E-state index in [0.29, 0.717) is 6.04 Å². The van der Waals surface area contributed by atoms with Crippen molar-refractivity contribution in [3.63, 3.8) is 0 Å². The van der Waals surface area contributed by atoms with Gasteiger partial charge in [0, 0.05) is 12.6 Å². The minimum absolute atomic E-state index is 0.401. The van der Waals surface area contributed by atoms with Crippen LogP contribution in [0.15, 0.2) is 0 Å². The van der Waals surface area contributed by atoms with E-state index in [1.54, 1.807) is 0 Å². The van der Waals surface area contributed by atoms with Gasteiger partial charge in [0.2, 0.25) is 0 Å². The number of aliphatic hydroxyl groups is 1. The lowest BCUT2D eigenvalue weighted by Gasteiger charge is -2.33. The van der Waals surface area contributed by atoms with E-state index >= 15 is 0 Å². The second kappa shape index (κ2) is 4.97. The molecule has 1 rings (SSSR count). The van der Waals surface area contributed by atoms with Crippen molar-refractivity contribution in [1.82, 2.24) is 5.32 Å². The Hall–Kier alpha value is -0.0800. The molecule has 0 aromatic carbocycles. The van der Waals surface area contributed by atoms with E-state index in [4.69, 9.17) is 0 Å². The Kier molecular flexibility index (Phi) is 4.20. The molecule has 1 saturated carbocycles. The maximum atomic E-state index is 10.2. The summed E-state index contributed by atoms with van der Waals surface area (Å²) in [6, 6.07) is 0.533. The van der Waals surface area contributed by atoms with Crippen molar-refractivity contribution < 1.29 is 5.11 Å². The van der Waals surface area contributed by atoms with Crippen LogP contribution < -0.4 is 5.32 Å². The SMILES string of the molecule is CCC(C)NCC1(O)CCCCC1. The standard InChI is InChI=1S/C11H23NO/c1-3-10(2)12-9-11(13)7-5-4-6-8-11/h10,12-13H,3-9H2,1-2H3. The molecule has 0 heterocycles. The minimum atomic E-state index is -0.401. The zero-order chi connectivity index (χ0) is 9.73. The van der Waals surface area contributed by atoms with Crippen molar-refractivity contribution in [3.8, 4) is 0 Å². The Labute approximate surface area is 81.7 Å². The quantitative estimate of drug-likeness (QED) is 0.702. The molecular weight excluding hydrogens is 162 g/mol. The highest BCUT2D eigenvalue weighted by Gasteiger charge is 2.28. The van der Waals surface area contributed by atoms with Crippen LogP contribution in [0.2, 0.25) is 0 Å². The van der Waals surface area contributed by atoms with Crippen molar-refractivity contribution in [3.05, 3.63) is 0 Å². The normalized spacial score (nSPS) is 24.2. The van der Waals surface area contributed by atoms with Gasteiger partial charge in [-0.15, -0.1) is 0 Å². The summed E-state index contributed by atoms with van der Waals surface area (Å²) >= 11 is 0. The van der Waals surface area contributed by atoms with Crippen molar-refractivity contribution in [2.75, 3.05) is 6.54 Å². The average molecular weight is 185 g/mol. The molecule has 1 unspecified atom stereocenters. The van der Waals surface area contributed by atoms with Gasteiger partial charge in [-0.1, -0.05) is 26.2 Å². The van der Waals surface area contributed by atoms with Crippen LogP contribution in [0.25, 0.3) is 0 Å². The van der Waals surface area contributed by atoms with Gasteiger partial charge in [0.15, 0.2) is 0 Å². The number of nitrogens with one attached hydrogen (secondary N) is 1. The summed E-state index contributed by atoms with van der Waals surface area (Å²) in [6.45, 7) is 5.12. The first-order valence-electron chi connectivity index (χ1n) is 5.62. The van der Waals surface area contributed by atoms with Crippen LogP contribution in [0.3, 0.4) is 0 Å². The Balaban J connectivity index is 2.24. The molecular formula is C11H23NO. The van der Waals surface area contributed by atoms with Crippen LogP contribution in [0.1, 0.15) is 52.4 Å². The van der Waals surface area contributed by atoms with E-state index in [1.807, 2.05) is 0 Å². The highest BCUT2D eigenvalue weighted by molar-refractivity contribution is 4.85. The van der Waals surface area contributed by atoms with Crippen LogP contribution in [0.5, 0.6) is 0 Å². The van der Waals surface area contributed by atoms with E-state index in [0.717, 1.165) is 25.8 Å². The summed E-state index contributed by atoms with van der Waals surface area (Å²) in [7, 11) is 0. The molecule has 2 heteroatoms. The van der Waals surface area contributed by atoms with Gasteiger partial charge < -0.3 is 10.4 Å². The molecule has 2 nitrogen and oxygen atoms in total. The number of rotatable bonds is 4. The van der Waals surface area contributed by atoms with Gasteiger partial charge in [-0.25, -0.2) is 0 Å². The molecule has 0 aromatic rings. The maximum absolute atomic E-state index is 10.2. The van der Waals surface area contributed by atoms with Crippen LogP contribution in [-0.4, -0.2) is 23.3 Å². The van der Waals surface area contributed by atoms with Crippen molar-refractivity contribution in [1.29, 1.82) is 0 Å². The monoisotopic (exact) mass is 185 g/mol.